The zero-order valence-electron chi connectivity index (χ0n) is 13.6. The molecule has 1 fully saturated rings. The van der Waals surface area contributed by atoms with Gasteiger partial charge in [0.25, 0.3) is 5.91 Å². The van der Waals surface area contributed by atoms with Crippen molar-refractivity contribution in [2.24, 2.45) is 0 Å². The molecule has 1 aromatic carbocycles. The molecule has 0 spiro atoms. The van der Waals surface area contributed by atoms with Crippen LogP contribution in [-0.4, -0.2) is 52.3 Å². The van der Waals surface area contributed by atoms with Crippen LogP contribution in [0.25, 0.3) is 11.3 Å². The molecule has 0 radical (unpaired) electrons. The second kappa shape index (κ2) is 6.72. The van der Waals surface area contributed by atoms with E-state index >= 15 is 0 Å². The third kappa shape index (κ3) is 3.21. The minimum Gasteiger partial charge on any atom is -0.355 e. The van der Waals surface area contributed by atoms with Crippen molar-refractivity contribution >= 4 is 11.7 Å². The van der Waals surface area contributed by atoms with E-state index in [4.69, 9.17) is 4.52 Å². The highest BCUT2D eigenvalue weighted by Crippen LogP contribution is 2.21. The summed E-state index contributed by atoms with van der Waals surface area (Å²) in [6, 6.07) is 15.1. The molecule has 0 unspecified atom stereocenters. The first-order chi connectivity index (χ1) is 12.3. The first kappa shape index (κ1) is 15.3. The van der Waals surface area contributed by atoms with E-state index in [0.29, 0.717) is 37.6 Å². The summed E-state index contributed by atoms with van der Waals surface area (Å²) in [6.07, 6.45) is 1.65. The molecule has 4 rings (SSSR count). The highest BCUT2D eigenvalue weighted by Gasteiger charge is 2.25. The summed E-state index contributed by atoms with van der Waals surface area (Å²) in [5.41, 5.74) is 1.24. The highest BCUT2D eigenvalue weighted by atomic mass is 16.5. The number of benzene rings is 1. The van der Waals surface area contributed by atoms with Gasteiger partial charge >= 0.3 is 0 Å². The molecule has 25 heavy (non-hydrogen) atoms. The highest BCUT2D eigenvalue weighted by molar-refractivity contribution is 5.93. The predicted molar refractivity (Wildman–Crippen MR) is 92.1 cm³/mol. The molecule has 0 aliphatic carbocycles. The molecule has 3 aromatic rings. The van der Waals surface area contributed by atoms with Crippen LogP contribution in [0.5, 0.6) is 0 Å². The lowest BCUT2D eigenvalue weighted by Gasteiger charge is -2.34. The largest absolute Gasteiger partial charge is 0.355 e. The molecule has 3 heterocycles. The quantitative estimate of drug-likeness (QED) is 0.729. The van der Waals surface area contributed by atoms with E-state index in [9.17, 15) is 4.79 Å². The molecular formula is C18H17N5O2. The molecule has 7 nitrogen and oxygen atoms in total. The Morgan fingerprint density at radius 3 is 2.52 bits per heavy atom. The van der Waals surface area contributed by atoms with E-state index < -0.39 is 0 Å². The van der Waals surface area contributed by atoms with Crippen LogP contribution >= 0.6 is 0 Å². The van der Waals surface area contributed by atoms with Gasteiger partial charge in [-0.2, -0.15) is 5.10 Å². The number of hydrogen-bond acceptors (Lipinski definition) is 6. The second-order valence-electron chi connectivity index (χ2n) is 5.80. The van der Waals surface area contributed by atoms with Crippen molar-refractivity contribution in [2.45, 2.75) is 0 Å². The van der Waals surface area contributed by atoms with Crippen LogP contribution in [0.1, 0.15) is 10.5 Å². The van der Waals surface area contributed by atoms with Gasteiger partial charge in [0.15, 0.2) is 17.3 Å². The Morgan fingerprint density at radius 2 is 1.80 bits per heavy atom. The molecule has 0 N–H and O–H groups in total. The maximum atomic E-state index is 12.6. The van der Waals surface area contributed by atoms with Crippen LogP contribution in [0, 0.1) is 0 Å². The number of piperazine rings is 1. The summed E-state index contributed by atoms with van der Waals surface area (Å²) in [5.74, 6) is 1.33. The number of nitrogens with zero attached hydrogens (tertiary/aromatic N) is 5. The van der Waals surface area contributed by atoms with Crippen LogP contribution < -0.4 is 4.90 Å². The lowest BCUT2D eigenvalue weighted by molar-refractivity contribution is 0.0736. The predicted octanol–water partition coefficient (Wildman–Crippen LogP) is 2.09. The summed E-state index contributed by atoms with van der Waals surface area (Å²) in [7, 11) is 0. The fraction of sp³-hybridized carbons (Fsp3) is 0.222. The minimum absolute atomic E-state index is 0.107. The number of amides is 1. The maximum absolute atomic E-state index is 12.6. The van der Waals surface area contributed by atoms with Crippen molar-refractivity contribution in [2.75, 3.05) is 31.1 Å². The normalized spacial score (nSPS) is 14.6. The Balaban J connectivity index is 1.42. The van der Waals surface area contributed by atoms with Crippen molar-refractivity contribution in [1.29, 1.82) is 0 Å². The smallest absolute Gasteiger partial charge is 0.276 e. The van der Waals surface area contributed by atoms with Gasteiger partial charge in [0.05, 0.1) is 0 Å². The SMILES string of the molecule is O=C(c1cc(-c2ccccc2)on1)N1CCN(c2cccnn2)CC1. The van der Waals surface area contributed by atoms with E-state index in [2.05, 4.69) is 20.3 Å². The lowest BCUT2D eigenvalue weighted by atomic mass is 10.1. The molecule has 1 aliphatic heterocycles. The van der Waals surface area contributed by atoms with Gasteiger partial charge in [-0.1, -0.05) is 35.5 Å². The Labute approximate surface area is 144 Å². The third-order valence-corrected chi connectivity index (χ3v) is 4.24. The van der Waals surface area contributed by atoms with E-state index in [1.807, 2.05) is 42.5 Å². The number of aromatic nitrogens is 3. The number of anilines is 1. The van der Waals surface area contributed by atoms with Gasteiger partial charge in [0, 0.05) is 44.0 Å². The van der Waals surface area contributed by atoms with Crippen LogP contribution in [0.4, 0.5) is 5.82 Å². The molecule has 7 heteroatoms. The average Bonchev–Trinajstić information content (AvgIpc) is 3.19. The van der Waals surface area contributed by atoms with Crippen LogP contribution in [0.15, 0.2) is 59.3 Å². The van der Waals surface area contributed by atoms with Gasteiger partial charge < -0.3 is 14.3 Å². The minimum atomic E-state index is -0.107. The Bertz CT molecular complexity index is 842. The molecular weight excluding hydrogens is 318 g/mol. The van der Waals surface area contributed by atoms with Crippen molar-refractivity contribution in [3.63, 3.8) is 0 Å². The zero-order chi connectivity index (χ0) is 17.1. The molecule has 1 aliphatic rings. The fourth-order valence-electron chi connectivity index (χ4n) is 2.88. The van der Waals surface area contributed by atoms with Crippen molar-refractivity contribution < 1.29 is 9.32 Å². The van der Waals surface area contributed by atoms with Crippen LogP contribution in [0.3, 0.4) is 0 Å². The van der Waals surface area contributed by atoms with E-state index in [0.717, 1.165) is 11.4 Å². The van der Waals surface area contributed by atoms with Crippen LogP contribution in [-0.2, 0) is 0 Å². The van der Waals surface area contributed by atoms with E-state index in [-0.39, 0.29) is 5.91 Å². The van der Waals surface area contributed by atoms with E-state index in [1.165, 1.54) is 0 Å². The molecule has 2 aromatic heterocycles. The zero-order valence-corrected chi connectivity index (χ0v) is 13.6. The standard InChI is InChI=1S/C18H17N5O2/c24-18(15-13-16(25-21-15)14-5-2-1-3-6-14)23-11-9-22(10-12-23)17-7-4-8-19-20-17/h1-8,13H,9-12H2. The van der Waals surface area contributed by atoms with Gasteiger partial charge in [0.1, 0.15) is 0 Å². The van der Waals surface area contributed by atoms with Gasteiger partial charge in [-0.3, -0.25) is 4.79 Å². The van der Waals surface area contributed by atoms with E-state index in [1.54, 1.807) is 17.2 Å². The average molecular weight is 335 g/mol. The molecule has 126 valence electrons. The first-order valence-corrected chi connectivity index (χ1v) is 8.15. The van der Waals surface area contributed by atoms with Crippen molar-refractivity contribution in [3.05, 3.63) is 60.4 Å². The van der Waals surface area contributed by atoms with Crippen LogP contribution in [0.2, 0.25) is 0 Å². The number of carbonyl (C=O) groups is 1. The number of carbonyl (C=O) groups excluding carboxylic acids is 1. The van der Waals surface area contributed by atoms with Gasteiger partial charge in [-0.25, -0.2) is 0 Å². The van der Waals surface area contributed by atoms with Crippen molar-refractivity contribution in [1.82, 2.24) is 20.3 Å². The molecule has 1 saturated heterocycles. The summed E-state index contributed by atoms with van der Waals surface area (Å²) in [4.78, 5) is 16.6. The van der Waals surface area contributed by atoms with Gasteiger partial charge in [0.2, 0.25) is 0 Å². The summed E-state index contributed by atoms with van der Waals surface area (Å²) < 4.78 is 5.33. The first-order valence-electron chi connectivity index (χ1n) is 8.15. The summed E-state index contributed by atoms with van der Waals surface area (Å²) in [5, 5.41) is 12.0. The van der Waals surface area contributed by atoms with Gasteiger partial charge in [-0.05, 0) is 12.1 Å². The summed E-state index contributed by atoms with van der Waals surface area (Å²) in [6.45, 7) is 2.66. The fourth-order valence-corrected chi connectivity index (χ4v) is 2.88. The molecule has 0 saturated carbocycles. The topological polar surface area (TPSA) is 75.4 Å². The molecule has 1 amide bonds. The second-order valence-corrected chi connectivity index (χ2v) is 5.80. The lowest BCUT2D eigenvalue weighted by Crippen LogP contribution is -2.49. The number of hydrogen-bond donors (Lipinski definition) is 0. The number of rotatable bonds is 3. The van der Waals surface area contributed by atoms with Gasteiger partial charge in [-0.15, -0.1) is 5.10 Å². The summed E-state index contributed by atoms with van der Waals surface area (Å²) >= 11 is 0. The molecule has 0 atom stereocenters. The molecule has 0 bridgehead atoms. The Morgan fingerprint density at radius 1 is 1.00 bits per heavy atom. The maximum Gasteiger partial charge on any atom is 0.276 e. The Hall–Kier alpha value is -3.22. The monoisotopic (exact) mass is 335 g/mol. The Kier molecular flexibility index (Phi) is 4.12. The van der Waals surface area contributed by atoms with Crippen molar-refractivity contribution in [3.8, 4) is 11.3 Å². The third-order valence-electron chi connectivity index (χ3n) is 4.24.